The molecule has 1 atom stereocenters. The number of aliphatic hydroxyl groups is 1. The van der Waals surface area contributed by atoms with Crippen LogP contribution in [0.1, 0.15) is 24.2 Å². The molecule has 2 aromatic carbocycles. The van der Waals surface area contributed by atoms with Gasteiger partial charge in [-0.05, 0) is 43.4 Å². The number of nitrogens with zero attached hydrogens (tertiary/aromatic N) is 3. The van der Waals surface area contributed by atoms with Crippen molar-refractivity contribution in [1.82, 2.24) is 14.0 Å². The lowest BCUT2D eigenvalue weighted by atomic mass is 9.95. The maximum atomic E-state index is 10.9. The van der Waals surface area contributed by atoms with Crippen LogP contribution in [0.2, 0.25) is 0 Å². The smallest absolute Gasteiger partial charge is 0.181 e. The number of fused-ring (bicyclic) bond motifs is 2. The Bertz CT molecular complexity index is 1070. The van der Waals surface area contributed by atoms with Crippen LogP contribution in [0.15, 0.2) is 36.4 Å². The van der Waals surface area contributed by atoms with Gasteiger partial charge in [0.05, 0.1) is 38.0 Å². The zero-order valence-electron chi connectivity index (χ0n) is 16.4. The van der Waals surface area contributed by atoms with E-state index in [4.69, 9.17) is 21.7 Å². The van der Waals surface area contributed by atoms with Gasteiger partial charge in [-0.15, -0.1) is 0 Å². The van der Waals surface area contributed by atoms with E-state index < -0.39 is 6.10 Å². The van der Waals surface area contributed by atoms with Crippen LogP contribution < -0.4 is 9.47 Å². The number of aryl methyl sites for hydroxylation is 1. The SMILES string of the molecule is CCn1c(=S)n(CN2Cc3c(OC)ccc(OC)c3[C@H](O)C2)c2ccccc21. The monoisotopic (exact) mass is 399 g/mol. The maximum absolute atomic E-state index is 10.9. The van der Waals surface area contributed by atoms with Crippen molar-refractivity contribution in [2.24, 2.45) is 0 Å². The first-order chi connectivity index (χ1) is 13.6. The number of β-amino-alcohol motifs (C(OH)–C–C–N with tert-alkyl or cyclic N) is 1. The molecular formula is C21H25N3O3S. The first-order valence-corrected chi connectivity index (χ1v) is 9.82. The van der Waals surface area contributed by atoms with Crippen LogP contribution in [-0.2, 0) is 19.8 Å². The topological polar surface area (TPSA) is 51.8 Å². The van der Waals surface area contributed by atoms with Crippen LogP contribution >= 0.6 is 12.2 Å². The quantitative estimate of drug-likeness (QED) is 0.663. The molecule has 0 aliphatic carbocycles. The summed E-state index contributed by atoms with van der Waals surface area (Å²) in [6.45, 7) is 4.68. The minimum Gasteiger partial charge on any atom is -0.496 e. The Hall–Kier alpha value is -2.35. The molecule has 1 aliphatic rings. The Morgan fingerprint density at radius 3 is 2.32 bits per heavy atom. The molecule has 0 radical (unpaired) electrons. The highest BCUT2D eigenvalue weighted by Crippen LogP contribution is 2.39. The van der Waals surface area contributed by atoms with Crippen molar-refractivity contribution in [1.29, 1.82) is 0 Å². The van der Waals surface area contributed by atoms with Gasteiger partial charge < -0.3 is 23.7 Å². The van der Waals surface area contributed by atoms with Crippen LogP contribution in [0.25, 0.3) is 11.0 Å². The number of para-hydroxylation sites is 2. The van der Waals surface area contributed by atoms with Crippen molar-refractivity contribution in [3.8, 4) is 11.5 Å². The molecule has 0 saturated carbocycles. The molecule has 1 N–H and O–H groups in total. The first-order valence-electron chi connectivity index (χ1n) is 9.41. The lowest BCUT2D eigenvalue weighted by molar-refractivity contribution is 0.0709. The van der Waals surface area contributed by atoms with E-state index in [2.05, 4.69) is 33.1 Å². The highest BCUT2D eigenvalue weighted by atomic mass is 32.1. The maximum Gasteiger partial charge on any atom is 0.181 e. The Balaban J connectivity index is 1.74. The summed E-state index contributed by atoms with van der Waals surface area (Å²) < 4.78 is 16.1. The van der Waals surface area contributed by atoms with Crippen molar-refractivity contribution in [3.63, 3.8) is 0 Å². The molecule has 0 unspecified atom stereocenters. The minimum atomic E-state index is -0.650. The molecule has 7 heteroatoms. The lowest BCUT2D eigenvalue weighted by Gasteiger charge is -2.34. The van der Waals surface area contributed by atoms with E-state index in [0.29, 0.717) is 25.5 Å². The van der Waals surface area contributed by atoms with Crippen LogP contribution in [0.5, 0.6) is 11.5 Å². The molecule has 6 nitrogen and oxygen atoms in total. The summed E-state index contributed by atoms with van der Waals surface area (Å²) in [5.74, 6) is 1.46. The average molecular weight is 400 g/mol. The van der Waals surface area contributed by atoms with E-state index in [9.17, 15) is 5.11 Å². The molecule has 148 valence electrons. The van der Waals surface area contributed by atoms with Gasteiger partial charge in [0.15, 0.2) is 4.77 Å². The summed E-state index contributed by atoms with van der Waals surface area (Å²) in [7, 11) is 3.28. The molecule has 0 fully saturated rings. The number of benzene rings is 2. The Morgan fingerprint density at radius 1 is 1.04 bits per heavy atom. The summed E-state index contributed by atoms with van der Waals surface area (Å²) in [6, 6.07) is 12.0. The molecule has 1 aliphatic heterocycles. The second kappa shape index (κ2) is 7.58. The third kappa shape index (κ3) is 2.99. The molecule has 3 aromatic rings. The van der Waals surface area contributed by atoms with Gasteiger partial charge in [0, 0.05) is 30.8 Å². The summed E-state index contributed by atoms with van der Waals surface area (Å²) in [6.07, 6.45) is -0.650. The van der Waals surface area contributed by atoms with Crippen molar-refractivity contribution in [3.05, 3.63) is 52.3 Å². The minimum absolute atomic E-state index is 0.504. The zero-order valence-corrected chi connectivity index (χ0v) is 17.2. The standard InChI is InChI=1S/C21H25N3O3S/c1-4-23-15-7-5-6-8-16(15)24(21(23)28)13-22-11-14-18(26-2)9-10-19(27-3)20(14)17(25)12-22/h5-10,17,25H,4,11-13H2,1-3H3/t17-/m1/s1. The Morgan fingerprint density at radius 2 is 1.68 bits per heavy atom. The average Bonchev–Trinajstić information content (AvgIpc) is 2.98. The number of methoxy groups -OCH3 is 2. The molecule has 0 bridgehead atoms. The summed E-state index contributed by atoms with van der Waals surface area (Å²) in [5, 5.41) is 10.9. The molecular weight excluding hydrogens is 374 g/mol. The largest absolute Gasteiger partial charge is 0.496 e. The van der Waals surface area contributed by atoms with Gasteiger partial charge >= 0.3 is 0 Å². The van der Waals surface area contributed by atoms with Crippen molar-refractivity contribution in [2.45, 2.75) is 32.8 Å². The van der Waals surface area contributed by atoms with Gasteiger partial charge in [0.1, 0.15) is 11.5 Å². The fourth-order valence-corrected chi connectivity index (χ4v) is 4.55. The molecule has 2 heterocycles. The highest BCUT2D eigenvalue weighted by molar-refractivity contribution is 7.71. The number of aromatic nitrogens is 2. The third-order valence-corrected chi connectivity index (χ3v) is 5.88. The van der Waals surface area contributed by atoms with Crippen molar-refractivity contribution < 1.29 is 14.6 Å². The van der Waals surface area contributed by atoms with E-state index >= 15 is 0 Å². The normalized spacial score (nSPS) is 16.9. The number of rotatable bonds is 5. The van der Waals surface area contributed by atoms with Gasteiger partial charge in [-0.1, -0.05) is 12.1 Å². The molecule has 0 saturated heterocycles. The fraction of sp³-hybridized carbons (Fsp3) is 0.381. The molecule has 4 rings (SSSR count). The van der Waals surface area contributed by atoms with E-state index in [-0.39, 0.29) is 0 Å². The van der Waals surface area contributed by atoms with E-state index in [1.165, 1.54) is 0 Å². The van der Waals surface area contributed by atoms with E-state index in [1.54, 1.807) is 14.2 Å². The highest BCUT2D eigenvalue weighted by Gasteiger charge is 2.30. The second-order valence-corrected chi connectivity index (χ2v) is 7.34. The molecule has 0 amide bonds. The Labute approximate surface area is 169 Å². The molecule has 28 heavy (non-hydrogen) atoms. The van der Waals surface area contributed by atoms with Crippen molar-refractivity contribution >= 4 is 23.3 Å². The zero-order chi connectivity index (χ0) is 19.8. The first kappa shape index (κ1) is 19.0. The number of imidazole rings is 1. The third-order valence-electron chi connectivity index (χ3n) is 5.44. The summed E-state index contributed by atoms with van der Waals surface area (Å²) in [4.78, 5) is 2.19. The van der Waals surface area contributed by atoms with Crippen LogP contribution in [0.3, 0.4) is 0 Å². The number of hydrogen-bond acceptors (Lipinski definition) is 5. The number of aliphatic hydroxyl groups excluding tert-OH is 1. The number of ether oxygens (including phenoxy) is 2. The van der Waals surface area contributed by atoms with Crippen molar-refractivity contribution in [2.75, 3.05) is 20.8 Å². The van der Waals surface area contributed by atoms with E-state index in [0.717, 1.165) is 39.2 Å². The van der Waals surface area contributed by atoms with Crippen LogP contribution in [0, 0.1) is 4.77 Å². The van der Waals surface area contributed by atoms with Gasteiger partial charge in [0.25, 0.3) is 0 Å². The molecule has 0 spiro atoms. The Kier molecular flexibility index (Phi) is 5.14. The second-order valence-electron chi connectivity index (χ2n) is 6.97. The number of hydrogen-bond donors (Lipinski definition) is 1. The predicted molar refractivity (Wildman–Crippen MR) is 111 cm³/mol. The summed E-state index contributed by atoms with van der Waals surface area (Å²) in [5.41, 5.74) is 4.02. The van der Waals surface area contributed by atoms with Gasteiger partial charge in [-0.3, -0.25) is 4.90 Å². The lowest BCUT2D eigenvalue weighted by Crippen LogP contribution is -2.35. The fourth-order valence-electron chi connectivity index (χ4n) is 4.17. The van der Waals surface area contributed by atoms with Crippen LogP contribution in [-0.4, -0.2) is 39.9 Å². The van der Waals surface area contributed by atoms with E-state index in [1.807, 2.05) is 24.3 Å². The summed E-state index contributed by atoms with van der Waals surface area (Å²) >= 11 is 5.75. The molecule has 1 aromatic heterocycles. The van der Waals surface area contributed by atoms with Gasteiger partial charge in [-0.2, -0.15) is 0 Å². The van der Waals surface area contributed by atoms with Gasteiger partial charge in [-0.25, -0.2) is 0 Å². The van der Waals surface area contributed by atoms with Gasteiger partial charge in [0.2, 0.25) is 0 Å². The van der Waals surface area contributed by atoms with Crippen LogP contribution in [0.4, 0.5) is 0 Å². The predicted octanol–water partition coefficient (Wildman–Crippen LogP) is 3.72.